The monoisotopic (exact) mass is 132 g/mol. The molecule has 0 spiro atoms. The van der Waals surface area contributed by atoms with E-state index in [2.05, 4.69) is 0 Å². The van der Waals surface area contributed by atoms with Crippen molar-refractivity contribution in [3.05, 3.63) is 0 Å². The molecule has 0 unspecified atom stereocenters. The van der Waals surface area contributed by atoms with Crippen LogP contribution in [0.1, 0.15) is 13.8 Å². The van der Waals surface area contributed by atoms with Gasteiger partial charge in [-0.2, -0.15) is 0 Å². The summed E-state index contributed by atoms with van der Waals surface area (Å²) in [5.74, 6) is 0. The van der Waals surface area contributed by atoms with Gasteiger partial charge in [-0.15, -0.1) is 0 Å². The fourth-order valence-electron chi connectivity index (χ4n) is 0.222. The van der Waals surface area contributed by atoms with Gasteiger partial charge in [-0.25, -0.2) is 0 Å². The van der Waals surface area contributed by atoms with Crippen molar-refractivity contribution >= 4 is 0 Å². The molecule has 0 rings (SSSR count). The van der Waals surface area contributed by atoms with E-state index in [1.165, 1.54) is 0 Å². The number of nitrogens with two attached hydrogens (primary N) is 4. The van der Waals surface area contributed by atoms with Gasteiger partial charge >= 0.3 is 0 Å². The zero-order valence-electron chi connectivity index (χ0n) is 5.96. The zero-order valence-corrected chi connectivity index (χ0v) is 5.96. The highest BCUT2D eigenvalue weighted by molar-refractivity contribution is 4.83. The van der Waals surface area contributed by atoms with Crippen LogP contribution in [-0.4, -0.2) is 12.3 Å². The third-order valence-electron chi connectivity index (χ3n) is 1.72. The van der Waals surface area contributed by atoms with E-state index < -0.39 is 12.3 Å². The predicted octanol–water partition coefficient (Wildman–Crippen LogP) is -1.50. The van der Waals surface area contributed by atoms with E-state index >= 15 is 0 Å². The summed E-state index contributed by atoms with van der Waals surface area (Å²) in [5.41, 5.74) is 21.2. The Labute approximate surface area is 55.6 Å². The Hall–Kier alpha value is -0.160. The Morgan fingerprint density at radius 1 is 0.889 bits per heavy atom. The molecule has 0 aromatic rings. The summed E-state index contributed by atoms with van der Waals surface area (Å²) >= 11 is 0. The van der Waals surface area contributed by atoms with Crippen LogP contribution in [0.4, 0.5) is 0 Å². The topological polar surface area (TPSA) is 104 Å². The van der Waals surface area contributed by atoms with Crippen molar-refractivity contribution in [1.82, 2.24) is 0 Å². The Morgan fingerprint density at radius 2 is 1.11 bits per heavy atom. The second-order valence-corrected chi connectivity index (χ2v) is 2.87. The molecule has 0 aliphatic rings. The minimum Gasteiger partial charge on any atom is -0.316 e. The maximum Gasteiger partial charge on any atom is 0.0601 e. The lowest BCUT2D eigenvalue weighted by Gasteiger charge is -2.31. The van der Waals surface area contributed by atoms with Gasteiger partial charge in [-0.3, -0.25) is 0 Å². The van der Waals surface area contributed by atoms with E-state index in [9.17, 15) is 0 Å². The fraction of sp³-hybridized carbons (Fsp3) is 1.00. The summed E-state index contributed by atoms with van der Waals surface area (Å²) in [6, 6.07) is 0. The molecule has 0 aromatic carbocycles. The van der Waals surface area contributed by atoms with Crippen molar-refractivity contribution in [2.24, 2.45) is 28.3 Å². The molecule has 0 radical (unpaired) electrons. The first-order valence-electron chi connectivity index (χ1n) is 2.91. The van der Waals surface area contributed by atoms with Crippen LogP contribution in [0, 0.1) is 5.41 Å². The Kier molecular flexibility index (Phi) is 2.57. The molecular formula is C5H16N4. The normalized spacial score (nSPS) is 13.3. The molecule has 0 aliphatic heterocycles. The minimum atomic E-state index is -0.461. The van der Waals surface area contributed by atoms with Crippen LogP contribution in [0.3, 0.4) is 0 Å². The molecule has 0 atom stereocenters. The maximum absolute atomic E-state index is 5.39. The van der Waals surface area contributed by atoms with Gasteiger partial charge in [0.25, 0.3) is 0 Å². The van der Waals surface area contributed by atoms with Crippen molar-refractivity contribution in [2.45, 2.75) is 26.2 Å². The average molecular weight is 132 g/mol. The molecule has 0 amide bonds. The third kappa shape index (κ3) is 1.91. The molecule has 56 valence electrons. The molecule has 0 bridgehead atoms. The molecular weight excluding hydrogens is 116 g/mol. The van der Waals surface area contributed by atoms with Crippen molar-refractivity contribution in [3.8, 4) is 0 Å². The SMILES string of the molecule is CC(C)(C(N)N)C(N)N. The lowest BCUT2D eigenvalue weighted by atomic mass is 9.87. The Bertz CT molecular complexity index is 77.0. The molecule has 0 saturated heterocycles. The first kappa shape index (κ1) is 8.84. The molecule has 0 heterocycles. The van der Waals surface area contributed by atoms with Crippen molar-refractivity contribution in [3.63, 3.8) is 0 Å². The third-order valence-corrected chi connectivity index (χ3v) is 1.72. The van der Waals surface area contributed by atoms with Crippen LogP contribution < -0.4 is 22.9 Å². The van der Waals surface area contributed by atoms with E-state index in [4.69, 9.17) is 22.9 Å². The fourth-order valence-corrected chi connectivity index (χ4v) is 0.222. The highest BCUT2D eigenvalue weighted by atomic mass is 15.0. The minimum absolute atomic E-state index is 0.389. The van der Waals surface area contributed by atoms with Crippen molar-refractivity contribution < 1.29 is 0 Å². The molecule has 4 nitrogen and oxygen atoms in total. The number of hydrogen-bond donors (Lipinski definition) is 4. The smallest absolute Gasteiger partial charge is 0.0601 e. The summed E-state index contributed by atoms with van der Waals surface area (Å²) in [4.78, 5) is 0. The van der Waals surface area contributed by atoms with E-state index in [0.717, 1.165) is 0 Å². The summed E-state index contributed by atoms with van der Waals surface area (Å²) in [6.45, 7) is 3.67. The molecule has 4 heteroatoms. The highest BCUT2D eigenvalue weighted by Crippen LogP contribution is 2.16. The van der Waals surface area contributed by atoms with Crippen LogP contribution in [0.15, 0.2) is 0 Å². The Balaban J connectivity index is 4.01. The van der Waals surface area contributed by atoms with E-state index in [0.29, 0.717) is 0 Å². The van der Waals surface area contributed by atoms with Crippen LogP contribution >= 0.6 is 0 Å². The summed E-state index contributed by atoms with van der Waals surface area (Å²) in [7, 11) is 0. The second-order valence-electron chi connectivity index (χ2n) is 2.87. The van der Waals surface area contributed by atoms with Crippen LogP contribution in [0.5, 0.6) is 0 Å². The van der Waals surface area contributed by atoms with Crippen molar-refractivity contribution in [2.75, 3.05) is 0 Å². The predicted molar refractivity (Wildman–Crippen MR) is 38.1 cm³/mol. The van der Waals surface area contributed by atoms with Crippen LogP contribution in [-0.2, 0) is 0 Å². The molecule has 0 fully saturated rings. The van der Waals surface area contributed by atoms with Gasteiger partial charge in [-0.1, -0.05) is 13.8 Å². The second kappa shape index (κ2) is 2.62. The van der Waals surface area contributed by atoms with E-state index in [-0.39, 0.29) is 5.41 Å². The Morgan fingerprint density at radius 3 is 1.11 bits per heavy atom. The molecule has 9 heavy (non-hydrogen) atoms. The number of rotatable bonds is 2. The highest BCUT2D eigenvalue weighted by Gasteiger charge is 2.28. The van der Waals surface area contributed by atoms with Crippen molar-refractivity contribution in [1.29, 1.82) is 0 Å². The average Bonchev–Trinajstić information content (AvgIpc) is 1.65. The van der Waals surface area contributed by atoms with E-state index in [1.54, 1.807) is 0 Å². The summed E-state index contributed by atoms with van der Waals surface area (Å²) in [6.07, 6.45) is -0.921. The summed E-state index contributed by atoms with van der Waals surface area (Å²) < 4.78 is 0. The number of hydrogen-bond acceptors (Lipinski definition) is 4. The first-order chi connectivity index (χ1) is 3.89. The molecule has 0 aromatic heterocycles. The van der Waals surface area contributed by atoms with Crippen LogP contribution in [0.2, 0.25) is 0 Å². The lowest BCUT2D eigenvalue weighted by Crippen LogP contribution is -2.57. The van der Waals surface area contributed by atoms with Gasteiger partial charge < -0.3 is 22.9 Å². The van der Waals surface area contributed by atoms with Gasteiger partial charge in [0.2, 0.25) is 0 Å². The van der Waals surface area contributed by atoms with Gasteiger partial charge in [-0.05, 0) is 0 Å². The maximum atomic E-state index is 5.39. The molecule has 0 aliphatic carbocycles. The largest absolute Gasteiger partial charge is 0.316 e. The zero-order chi connectivity index (χ0) is 7.65. The van der Waals surface area contributed by atoms with Gasteiger partial charge in [0, 0.05) is 5.41 Å². The van der Waals surface area contributed by atoms with Gasteiger partial charge in [0.1, 0.15) is 0 Å². The van der Waals surface area contributed by atoms with Crippen LogP contribution in [0.25, 0.3) is 0 Å². The van der Waals surface area contributed by atoms with E-state index in [1.807, 2.05) is 13.8 Å². The molecule has 0 saturated carbocycles. The van der Waals surface area contributed by atoms with Gasteiger partial charge in [0.05, 0.1) is 12.3 Å². The standard InChI is InChI=1S/C5H16N4/c1-5(2,3(6)7)4(8)9/h3-4H,6-9H2,1-2H3. The quantitative estimate of drug-likeness (QED) is 0.343. The molecule has 8 N–H and O–H groups in total. The lowest BCUT2D eigenvalue weighted by molar-refractivity contribution is 0.233. The summed E-state index contributed by atoms with van der Waals surface area (Å²) in [5, 5.41) is 0. The van der Waals surface area contributed by atoms with Gasteiger partial charge in [0.15, 0.2) is 0 Å². The first-order valence-corrected chi connectivity index (χ1v) is 2.91.